The molecule has 28 heavy (non-hydrogen) atoms. The summed E-state index contributed by atoms with van der Waals surface area (Å²) in [6.07, 6.45) is 1.90. The maximum atomic E-state index is 13.4. The smallest absolute Gasteiger partial charge is 0.328 e. The van der Waals surface area contributed by atoms with Crippen LogP contribution in [0.2, 0.25) is 0 Å². The van der Waals surface area contributed by atoms with Crippen LogP contribution in [0.1, 0.15) is 47.9 Å². The fourth-order valence-electron chi connectivity index (χ4n) is 3.59. The topological polar surface area (TPSA) is 84.2 Å². The van der Waals surface area contributed by atoms with Crippen LogP contribution in [0.15, 0.2) is 47.4 Å². The summed E-state index contributed by atoms with van der Waals surface area (Å²) >= 11 is 0. The quantitative estimate of drug-likeness (QED) is 0.712. The van der Waals surface area contributed by atoms with Crippen LogP contribution in [-0.2, 0) is 26.0 Å². The lowest BCUT2D eigenvalue weighted by Gasteiger charge is -2.27. The van der Waals surface area contributed by atoms with E-state index in [4.69, 9.17) is 10.00 Å². The van der Waals surface area contributed by atoms with Crippen LogP contribution in [0, 0.1) is 25.2 Å². The van der Waals surface area contributed by atoms with Gasteiger partial charge in [0.1, 0.15) is 6.61 Å². The number of nitrogens with zero attached hydrogens (tertiary/aromatic N) is 1. The van der Waals surface area contributed by atoms with E-state index in [0.717, 1.165) is 11.1 Å². The van der Waals surface area contributed by atoms with Crippen molar-refractivity contribution < 1.29 is 17.9 Å². The summed E-state index contributed by atoms with van der Waals surface area (Å²) in [6, 6.07) is 13.7. The molecule has 0 aromatic heterocycles. The SMILES string of the molecule is Cc1ccc(S(=O)(=O)C2(C(=O)OCc3ccc(C#N)cc3)CCCC2)cc1C. The van der Waals surface area contributed by atoms with Crippen molar-refractivity contribution >= 4 is 15.8 Å². The highest BCUT2D eigenvalue weighted by atomic mass is 32.2. The van der Waals surface area contributed by atoms with Gasteiger partial charge >= 0.3 is 5.97 Å². The number of esters is 1. The Balaban J connectivity index is 1.87. The lowest BCUT2D eigenvalue weighted by atomic mass is 10.1. The predicted octanol–water partition coefficient (Wildman–Crippen LogP) is 4.01. The first-order valence-electron chi connectivity index (χ1n) is 9.28. The van der Waals surface area contributed by atoms with Crippen molar-refractivity contribution in [2.24, 2.45) is 0 Å². The van der Waals surface area contributed by atoms with Gasteiger partial charge in [-0.2, -0.15) is 5.26 Å². The highest BCUT2D eigenvalue weighted by Gasteiger charge is 2.54. The molecule has 0 atom stereocenters. The van der Waals surface area contributed by atoms with Crippen molar-refractivity contribution in [3.8, 4) is 6.07 Å². The Morgan fingerprint density at radius 1 is 1.07 bits per heavy atom. The van der Waals surface area contributed by atoms with E-state index >= 15 is 0 Å². The molecule has 0 N–H and O–H groups in total. The summed E-state index contributed by atoms with van der Waals surface area (Å²) in [4.78, 5) is 13.2. The minimum atomic E-state index is -3.87. The van der Waals surface area contributed by atoms with Crippen molar-refractivity contribution in [3.05, 3.63) is 64.7 Å². The molecule has 146 valence electrons. The zero-order valence-corrected chi connectivity index (χ0v) is 16.9. The van der Waals surface area contributed by atoms with Gasteiger partial charge in [0.25, 0.3) is 0 Å². The monoisotopic (exact) mass is 397 g/mol. The van der Waals surface area contributed by atoms with Gasteiger partial charge < -0.3 is 4.74 Å². The number of hydrogen-bond donors (Lipinski definition) is 0. The maximum absolute atomic E-state index is 13.4. The Bertz CT molecular complexity index is 1030. The minimum absolute atomic E-state index is 0.0191. The van der Waals surface area contributed by atoms with Crippen LogP contribution in [0.5, 0.6) is 0 Å². The van der Waals surface area contributed by atoms with Crippen molar-refractivity contribution in [2.45, 2.75) is 55.8 Å². The van der Waals surface area contributed by atoms with Crippen molar-refractivity contribution in [1.29, 1.82) is 5.26 Å². The average Bonchev–Trinajstić information content (AvgIpc) is 3.20. The molecule has 0 amide bonds. The zero-order valence-electron chi connectivity index (χ0n) is 16.1. The first kappa shape index (κ1) is 20.1. The van der Waals surface area contributed by atoms with Crippen molar-refractivity contribution in [2.75, 3.05) is 0 Å². The first-order valence-corrected chi connectivity index (χ1v) is 10.8. The molecule has 0 heterocycles. The summed E-state index contributed by atoms with van der Waals surface area (Å²) in [7, 11) is -3.87. The molecule has 0 bridgehead atoms. The van der Waals surface area contributed by atoms with Crippen LogP contribution in [-0.4, -0.2) is 19.1 Å². The Kier molecular flexibility index (Phi) is 5.57. The number of carbonyl (C=O) groups is 1. The summed E-state index contributed by atoms with van der Waals surface area (Å²) in [5.74, 6) is -0.687. The number of hydrogen-bond acceptors (Lipinski definition) is 5. The van der Waals surface area contributed by atoms with Gasteiger partial charge in [-0.05, 0) is 67.6 Å². The highest BCUT2D eigenvalue weighted by Crippen LogP contribution is 2.42. The van der Waals surface area contributed by atoms with E-state index in [1.165, 1.54) is 0 Å². The number of nitriles is 1. The molecule has 3 rings (SSSR count). The second-order valence-corrected chi connectivity index (χ2v) is 9.60. The van der Waals surface area contributed by atoms with E-state index in [1.54, 1.807) is 42.5 Å². The number of aryl methyl sites for hydroxylation is 2. The van der Waals surface area contributed by atoms with E-state index < -0.39 is 20.6 Å². The Morgan fingerprint density at radius 3 is 2.29 bits per heavy atom. The fraction of sp³-hybridized carbons (Fsp3) is 0.364. The van der Waals surface area contributed by atoms with E-state index in [2.05, 4.69) is 0 Å². The molecule has 0 spiro atoms. The van der Waals surface area contributed by atoms with E-state index in [-0.39, 0.29) is 24.3 Å². The third-order valence-corrected chi connectivity index (χ3v) is 8.02. The van der Waals surface area contributed by atoms with Gasteiger partial charge in [0, 0.05) is 0 Å². The molecule has 0 aliphatic heterocycles. The van der Waals surface area contributed by atoms with Gasteiger partial charge in [-0.25, -0.2) is 8.42 Å². The van der Waals surface area contributed by atoms with Gasteiger partial charge in [0.2, 0.25) is 0 Å². The second kappa shape index (κ2) is 7.76. The zero-order chi connectivity index (χ0) is 20.4. The van der Waals surface area contributed by atoms with Crippen LogP contribution in [0.3, 0.4) is 0 Å². The van der Waals surface area contributed by atoms with Gasteiger partial charge in [-0.15, -0.1) is 0 Å². The molecule has 1 aliphatic rings. The third-order valence-electron chi connectivity index (χ3n) is 5.54. The normalized spacial score (nSPS) is 15.8. The number of carbonyl (C=O) groups excluding carboxylic acids is 1. The second-order valence-electron chi connectivity index (χ2n) is 7.34. The molecule has 5 nitrogen and oxygen atoms in total. The third kappa shape index (κ3) is 3.55. The van der Waals surface area contributed by atoms with Gasteiger partial charge in [0.15, 0.2) is 14.6 Å². The molecule has 0 saturated heterocycles. The summed E-state index contributed by atoms with van der Waals surface area (Å²) in [5, 5.41) is 8.86. The van der Waals surface area contributed by atoms with Crippen molar-refractivity contribution in [1.82, 2.24) is 0 Å². The van der Waals surface area contributed by atoms with Crippen molar-refractivity contribution in [3.63, 3.8) is 0 Å². The van der Waals surface area contributed by atoms with Crippen LogP contribution < -0.4 is 0 Å². The van der Waals surface area contributed by atoms with E-state index in [0.29, 0.717) is 24.0 Å². The minimum Gasteiger partial charge on any atom is -0.460 e. The number of sulfone groups is 1. The average molecular weight is 397 g/mol. The molecule has 1 saturated carbocycles. The molecule has 2 aromatic carbocycles. The Labute approximate surface area is 165 Å². The fourth-order valence-corrected chi connectivity index (χ4v) is 5.73. The van der Waals surface area contributed by atoms with Gasteiger partial charge in [-0.1, -0.05) is 31.0 Å². The first-order chi connectivity index (χ1) is 13.3. The number of rotatable bonds is 5. The molecule has 1 aliphatic carbocycles. The summed E-state index contributed by atoms with van der Waals surface area (Å²) < 4.78 is 30.8. The molecule has 6 heteroatoms. The lowest BCUT2D eigenvalue weighted by molar-refractivity contribution is -0.148. The number of ether oxygens (including phenoxy) is 1. The number of benzene rings is 2. The largest absolute Gasteiger partial charge is 0.460 e. The van der Waals surface area contributed by atoms with Crippen LogP contribution >= 0.6 is 0 Å². The Morgan fingerprint density at radius 2 is 1.71 bits per heavy atom. The molecular formula is C22H23NO4S. The molecular weight excluding hydrogens is 374 g/mol. The Hall–Kier alpha value is -2.65. The molecule has 0 unspecified atom stereocenters. The summed E-state index contributed by atoms with van der Waals surface area (Å²) in [5.41, 5.74) is 3.10. The molecule has 0 radical (unpaired) electrons. The van der Waals surface area contributed by atoms with E-state index in [9.17, 15) is 13.2 Å². The summed E-state index contributed by atoms with van der Waals surface area (Å²) in [6.45, 7) is 3.76. The van der Waals surface area contributed by atoms with Crippen LogP contribution in [0.25, 0.3) is 0 Å². The van der Waals surface area contributed by atoms with Gasteiger partial charge in [-0.3, -0.25) is 4.79 Å². The predicted molar refractivity (Wildman–Crippen MR) is 105 cm³/mol. The van der Waals surface area contributed by atoms with E-state index in [1.807, 2.05) is 19.9 Å². The molecule has 2 aromatic rings. The van der Waals surface area contributed by atoms with Crippen LogP contribution in [0.4, 0.5) is 0 Å². The highest BCUT2D eigenvalue weighted by molar-refractivity contribution is 7.93. The maximum Gasteiger partial charge on any atom is 0.328 e. The van der Waals surface area contributed by atoms with Gasteiger partial charge in [0.05, 0.1) is 16.5 Å². The standard InChI is InChI=1S/C22H23NO4S/c1-16-5-10-20(13-17(16)2)28(25,26)22(11-3-4-12-22)21(24)27-15-19-8-6-18(14-23)7-9-19/h5-10,13H,3-4,11-12,15H2,1-2H3. The lowest BCUT2D eigenvalue weighted by Crippen LogP contribution is -2.45. The molecule has 1 fully saturated rings.